The number of hydrogen-bond donors (Lipinski definition) is 1. The number of amides is 1. The predicted octanol–water partition coefficient (Wildman–Crippen LogP) is 4.02. The van der Waals surface area contributed by atoms with E-state index in [0.717, 1.165) is 22.5 Å². The van der Waals surface area contributed by atoms with Crippen LogP contribution in [0, 0.1) is 13.8 Å². The molecule has 0 saturated carbocycles. The van der Waals surface area contributed by atoms with Gasteiger partial charge in [-0.3, -0.25) is 4.79 Å². The third kappa shape index (κ3) is 4.54. The van der Waals surface area contributed by atoms with Gasteiger partial charge in [-0.05, 0) is 49.8 Å². The average Bonchev–Trinajstić information content (AvgIpc) is 3.04. The molecule has 0 bridgehead atoms. The van der Waals surface area contributed by atoms with Gasteiger partial charge >= 0.3 is 0 Å². The van der Waals surface area contributed by atoms with Crippen molar-refractivity contribution in [2.45, 2.75) is 38.4 Å². The van der Waals surface area contributed by atoms with Crippen molar-refractivity contribution in [3.05, 3.63) is 50.8 Å². The summed E-state index contributed by atoms with van der Waals surface area (Å²) in [6.07, 6.45) is 2.86. The maximum absolute atomic E-state index is 12.3. The van der Waals surface area contributed by atoms with Crippen LogP contribution in [0.3, 0.4) is 0 Å². The monoisotopic (exact) mass is 423 g/mol. The second kappa shape index (κ2) is 8.46. The highest BCUT2D eigenvalue weighted by atomic mass is 35.5. The van der Waals surface area contributed by atoms with Crippen molar-refractivity contribution >= 4 is 46.6 Å². The number of aromatic nitrogens is 4. The molecular weight excluding hydrogens is 405 g/mol. The SMILES string of the molecule is CSc1nc2nc(C)c(CCC(=O)NCc3ccc(Cl)cc3Cl)c(C)n2n1. The van der Waals surface area contributed by atoms with Gasteiger partial charge < -0.3 is 5.32 Å². The Morgan fingerprint density at radius 1 is 1.26 bits per heavy atom. The molecule has 6 nitrogen and oxygen atoms in total. The van der Waals surface area contributed by atoms with Gasteiger partial charge in [-0.15, -0.1) is 5.10 Å². The molecule has 9 heteroatoms. The maximum atomic E-state index is 12.3. The fraction of sp³-hybridized carbons (Fsp3) is 0.333. The van der Waals surface area contributed by atoms with Gasteiger partial charge in [-0.25, -0.2) is 9.50 Å². The van der Waals surface area contributed by atoms with Gasteiger partial charge in [0.05, 0.1) is 0 Å². The first-order valence-electron chi connectivity index (χ1n) is 8.36. The third-order valence-electron chi connectivity index (χ3n) is 4.31. The minimum atomic E-state index is -0.0525. The van der Waals surface area contributed by atoms with E-state index in [2.05, 4.69) is 20.4 Å². The summed E-state index contributed by atoms with van der Waals surface area (Å²) < 4.78 is 1.74. The molecule has 3 aromatic rings. The molecule has 0 fully saturated rings. The van der Waals surface area contributed by atoms with Gasteiger partial charge in [0, 0.05) is 34.4 Å². The summed E-state index contributed by atoms with van der Waals surface area (Å²) >= 11 is 13.5. The maximum Gasteiger partial charge on any atom is 0.253 e. The highest BCUT2D eigenvalue weighted by Gasteiger charge is 2.14. The van der Waals surface area contributed by atoms with Gasteiger partial charge in [0.1, 0.15) is 0 Å². The highest BCUT2D eigenvalue weighted by molar-refractivity contribution is 7.98. The van der Waals surface area contributed by atoms with E-state index in [1.807, 2.05) is 26.2 Å². The van der Waals surface area contributed by atoms with Crippen LogP contribution in [0.1, 0.15) is 28.9 Å². The second-order valence-electron chi connectivity index (χ2n) is 6.08. The summed E-state index contributed by atoms with van der Waals surface area (Å²) in [6.45, 7) is 4.27. The normalized spacial score (nSPS) is 11.1. The summed E-state index contributed by atoms with van der Waals surface area (Å²) in [4.78, 5) is 21.1. The first-order valence-corrected chi connectivity index (χ1v) is 10.3. The second-order valence-corrected chi connectivity index (χ2v) is 7.70. The Kier molecular flexibility index (Phi) is 6.24. The molecule has 0 saturated heterocycles. The van der Waals surface area contributed by atoms with Crippen molar-refractivity contribution in [1.29, 1.82) is 0 Å². The fourth-order valence-corrected chi connectivity index (χ4v) is 3.64. The van der Waals surface area contributed by atoms with Crippen molar-refractivity contribution in [3.63, 3.8) is 0 Å². The topological polar surface area (TPSA) is 72.2 Å². The lowest BCUT2D eigenvalue weighted by Crippen LogP contribution is -2.23. The lowest BCUT2D eigenvalue weighted by atomic mass is 10.1. The summed E-state index contributed by atoms with van der Waals surface area (Å²) in [5, 5.41) is 9.12. The molecule has 0 aliphatic carbocycles. The molecule has 1 N–H and O–H groups in total. The summed E-state index contributed by atoms with van der Waals surface area (Å²) in [6, 6.07) is 5.23. The van der Waals surface area contributed by atoms with E-state index in [1.165, 1.54) is 11.8 Å². The van der Waals surface area contributed by atoms with Crippen LogP contribution in [0.25, 0.3) is 5.78 Å². The quantitative estimate of drug-likeness (QED) is 0.606. The Hall–Kier alpha value is -1.83. The van der Waals surface area contributed by atoms with Crippen LogP contribution in [-0.4, -0.2) is 31.7 Å². The minimum absolute atomic E-state index is 0.0525. The number of halogens is 2. The Morgan fingerprint density at radius 2 is 2.04 bits per heavy atom. The van der Waals surface area contributed by atoms with E-state index in [1.54, 1.807) is 16.6 Å². The van der Waals surface area contributed by atoms with E-state index in [9.17, 15) is 4.79 Å². The number of thioether (sulfide) groups is 1. The molecule has 142 valence electrons. The van der Waals surface area contributed by atoms with Crippen LogP contribution in [0.4, 0.5) is 0 Å². The van der Waals surface area contributed by atoms with Crippen molar-refractivity contribution in [2.75, 3.05) is 6.26 Å². The zero-order valence-corrected chi connectivity index (χ0v) is 17.5. The van der Waals surface area contributed by atoms with Crippen LogP contribution >= 0.6 is 35.0 Å². The standard InChI is InChI=1S/C18H19Cl2N5OS/c1-10-14(11(2)25-17(22-10)23-18(24-25)27-3)6-7-16(26)21-9-12-4-5-13(19)8-15(12)20/h4-5,8H,6-7,9H2,1-3H3,(H,21,26). The molecule has 1 aromatic carbocycles. The van der Waals surface area contributed by atoms with Crippen LogP contribution < -0.4 is 5.32 Å². The average molecular weight is 424 g/mol. The molecule has 0 radical (unpaired) electrons. The molecule has 2 aromatic heterocycles. The van der Waals surface area contributed by atoms with Gasteiger partial charge in [-0.2, -0.15) is 4.98 Å². The van der Waals surface area contributed by atoms with E-state index in [-0.39, 0.29) is 5.91 Å². The van der Waals surface area contributed by atoms with Crippen LogP contribution in [0.5, 0.6) is 0 Å². The Morgan fingerprint density at radius 3 is 2.74 bits per heavy atom. The number of benzene rings is 1. The lowest BCUT2D eigenvalue weighted by molar-refractivity contribution is -0.121. The van der Waals surface area contributed by atoms with Crippen molar-refractivity contribution in [1.82, 2.24) is 24.9 Å². The molecule has 0 atom stereocenters. The highest BCUT2D eigenvalue weighted by Crippen LogP contribution is 2.21. The number of rotatable bonds is 6. The smallest absolute Gasteiger partial charge is 0.253 e. The number of aryl methyl sites for hydroxylation is 2. The Labute approximate surface area is 171 Å². The number of nitrogens with one attached hydrogen (secondary N) is 1. The summed E-state index contributed by atoms with van der Waals surface area (Å²) in [7, 11) is 0. The Balaban J connectivity index is 1.66. The number of hydrogen-bond acceptors (Lipinski definition) is 5. The largest absolute Gasteiger partial charge is 0.352 e. The number of carbonyl (C=O) groups is 1. The van der Waals surface area contributed by atoms with Crippen LogP contribution in [0.2, 0.25) is 10.0 Å². The molecule has 2 heterocycles. The molecule has 0 unspecified atom stereocenters. The van der Waals surface area contributed by atoms with E-state index >= 15 is 0 Å². The van der Waals surface area contributed by atoms with Crippen molar-refractivity contribution < 1.29 is 4.79 Å². The van der Waals surface area contributed by atoms with E-state index < -0.39 is 0 Å². The van der Waals surface area contributed by atoms with Crippen LogP contribution in [-0.2, 0) is 17.8 Å². The van der Waals surface area contributed by atoms with Gasteiger partial charge in [0.15, 0.2) is 0 Å². The third-order valence-corrected chi connectivity index (χ3v) is 5.43. The predicted molar refractivity (Wildman–Crippen MR) is 109 cm³/mol. The zero-order chi connectivity index (χ0) is 19.6. The lowest BCUT2D eigenvalue weighted by Gasteiger charge is -2.11. The number of carbonyl (C=O) groups excluding carboxylic acids is 1. The molecular formula is C18H19Cl2N5OS. The van der Waals surface area contributed by atoms with Crippen molar-refractivity contribution in [2.24, 2.45) is 0 Å². The molecule has 3 rings (SSSR count). The zero-order valence-electron chi connectivity index (χ0n) is 15.2. The fourth-order valence-electron chi connectivity index (χ4n) is 2.82. The first kappa shape index (κ1) is 19.9. The van der Waals surface area contributed by atoms with E-state index in [0.29, 0.717) is 40.4 Å². The molecule has 1 amide bonds. The minimum Gasteiger partial charge on any atom is -0.352 e. The molecule has 0 spiro atoms. The van der Waals surface area contributed by atoms with Gasteiger partial charge in [-0.1, -0.05) is 41.0 Å². The van der Waals surface area contributed by atoms with Crippen molar-refractivity contribution in [3.8, 4) is 0 Å². The summed E-state index contributed by atoms with van der Waals surface area (Å²) in [5.74, 6) is 0.531. The summed E-state index contributed by atoms with van der Waals surface area (Å²) in [5.41, 5.74) is 3.67. The number of fused-ring (bicyclic) bond motifs is 1. The van der Waals surface area contributed by atoms with Crippen LogP contribution in [0.15, 0.2) is 23.4 Å². The van der Waals surface area contributed by atoms with Gasteiger partial charge in [0.2, 0.25) is 11.1 Å². The molecule has 27 heavy (non-hydrogen) atoms. The van der Waals surface area contributed by atoms with Gasteiger partial charge in [0.25, 0.3) is 5.78 Å². The van der Waals surface area contributed by atoms with E-state index in [4.69, 9.17) is 23.2 Å². The first-order chi connectivity index (χ1) is 12.9. The number of nitrogens with zero attached hydrogens (tertiary/aromatic N) is 4. The molecule has 0 aliphatic heterocycles. The Bertz CT molecular complexity index is 1010. The molecule has 0 aliphatic rings.